The maximum atomic E-state index is 12.7. The average molecular weight is 247 g/mol. The van der Waals surface area contributed by atoms with E-state index in [1.165, 1.54) is 23.5 Å². The molecule has 0 saturated heterocycles. The first kappa shape index (κ1) is 11.4. The lowest BCUT2D eigenvalue weighted by Crippen LogP contribution is -2.04. The molecule has 0 bridgehead atoms. The Hall–Kier alpha value is -1.11. The van der Waals surface area contributed by atoms with Crippen molar-refractivity contribution in [2.45, 2.75) is 12.8 Å². The largest absolute Gasteiger partial charge is 0.417 e. The molecule has 0 aliphatic rings. The quantitative estimate of drug-likeness (QED) is 0.826. The zero-order valence-electron chi connectivity index (χ0n) is 8.04. The predicted octanol–water partition coefficient (Wildman–Crippen LogP) is 3.31. The molecule has 2 rings (SSSR count). The first-order valence-electron chi connectivity index (χ1n) is 4.42. The SMILES string of the molecule is NOCc1cc2c(C(F)(F)F)cccc2s1. The highest BCUT2D eigenvalue weighted by molar-refractivity contribution is 7.19. The summed E-state index contributed by atoms with van der Waals surface area (Å²) < 4.78 is 38.6. The summed E-state index contributed by atoms with van der Waals surface area (Å²) in [6.45, 7) is 0.122. The van der Waals surface area contributed by atoms with Gasteiger partial charge < -0.3 is 0 Å². The van der Waals surface area contributed by atoms with E-state index in [0.29, 0.717) is 9.58 Å². The number of nitrogens with two attached hydrogens (primary N) is 1. The molecule has 2 nitrogen and oxygen atoms in total. The van der Waals surface area contributed by atoms with Crippen LogP contribution in [0, 0.1) is 0 Å². The minimum Gasteiger partial charge on any atom is -0.299 e. The number of hydrogen-bond donors (Lipinski definition) is 1. The molecule has 0 unspecified atom stereocenters. The van der Waals surface area contributed by atoms with Crippen LogP contribution in [-0.4, -0.2) is 0 Å². The summed E-state index contributed by atoms with van der Waals surface area (Å²) in [5, 5.41) is 0.201. The van der Waals surface area contributed by atoms with Crippen LogP contribution in [0.3, 0.4) is 0 Å². The standard InChI is InChI=1S/C10H8F3NOS/c11-10(12,13)8-2-1-3-9-7(8)4-6(16-9)5-15-14/h1-4H,5,14H2. The minimum atomic E-state index is -4.33. The van der Waals surface area contributed by atoms with Gasteiger partial charge in [-0.2, -0.15) is 13.2 Å². The highest BCUT2D eigenvalue weighted by Crippen LogP contribution is 2.37. The van der Waals surface area contributed by atoms with Gasteiger partial charge in [-0.15, -0.1) is 11.3 Å². The first-order chi connectivity index (χ1) is 7.52. The lowest BCUT2D eigenvalue weighted by atomic mass is 10.1. The smallest absolute Gasteiger partial charge is 0.299 e. The monoisotopic (exact) mass is 247 g/mol. The summed E-state index contributed by atoms with van der Waals surface area (Å²) in [4.78, 5) is 5.09. The van der Waals surface area contributed by atoms with Gasteiger partial charge in [0.25, 0.3) is 0 Å². The Morgan fingerprint density at radius 1 is 1.31 bits per heavy atom. The minimum absolute atomic E-state index is 0.122. The molecule has 0 atom stereocenters. The van der Waals surface area contributed by atoms with Crippen molar-refractivity contribution in [3.63, 3.8) is 0 Å². The van der Waals surface area contributed by atoms with Crippen LogP contribution >= 0.6 is 11.3 Å². The Morgan fingerprint density at radius 2 is 2.06 bits per heavy atom. The highest BCUT2D eigenvalue weighted by atomic mass is 32.1. The molecule has 2 aromatic rings. The van der Waals surface area contributed by atoms with Gasteiger partial charge in [-0.3, -0.25) is 4.84 Å². The number of thiophene rings is 1. The van der Waals surface area contributed by atoms with E-state index in [2.05, 4.69) is 4.84 Å². The van der Waals surface area contributed by atoms with Gasteiger partial charge in [-0.1, -0.05) is 6.07 Å². The number of alkyl halides is 3. The molecule has 1 aromatic heterocycles. The molecule has 0 aliphatic heterocycles. The average Bonchev–Trinajstić information content (AvgIpc) is 2.58. The first-order valence-corrected chi connectivity index (χ1v) is 5.24. The summed E-state index contributed by atoms with van der Waals surface area (Å²) in [5.41, 5.74) is -0.621. The van der Waals surface area contributed by atoms with Crippen LogP contribution in [0.25, 0.3) is 10.1 Å². The fourth-order valence-electron chi connectivity index (χ4n) is 1.51. The molecule has 0 radical (unpaired) electrons. The molecule has 0 spiro atoms. The van der Waals surface area contributed by atoms with Gasteiger partial charge >= 0.3 is 6.18 Å². The summed E-state index contributed by atoms with van der Waals surface area (Å²) in [6.07, 6.45) is -4.33. The van der Waals surface area contributed by atoms with E-state index in [1.807, 2.05) is 0 Å². The van der Waals surface area contributed by atoms with Crippen LogP contribution in [0.5, 0.6) is 0 Å². The molecule has 0 fully saturated rings. The van der Waals surface area contributed by atoms with Gasteiger partial charge in [0.15, 0.2) is 0 Å². The normalized spacial score (nSPS) is 12.2. The maximum Gasteiger partial charge on any atom is 0.417 e. The van der Waals surface area contributed by atoms with Crippen LogP contribution in [0.1, 0.15) is 10.4 Å². The van der Waals surface area contributed by atoms with Crippen molar-refractivity contribution in [2.24, 2.45) is 5.90 Å². The van der Waals surface area contributed by atoms with Crippen LogP contribution in [0.15, 0.2) is 24.3 Å². The van der Waals surface area contributed by atoms with Crippen molar-refractivity contribution in [3.8, 4) is 0 Å². The Kier molecular flexibility index (Phi) is 2.88. The van der Waals surface area contributed by atoms with Gasteiger partial charge in [0.2, 0.25) is 0 Å². The third-order valence-corrected chi connectivity index (χ3v) is 3.22. The Labute approximate surface area is 93.4 Å². The van der Waals surface area contributed by atoms with Gasteiger partial charge in [-0.25, -0.2) is 5.90 Å². The topological polar surface area (TPSA) is 35.2 Å². The van der Waals surface area contributed by atoms with Crippen LogP contribution in [0.4, 0.5) is 13.2 Å². The Bertz CT molecular complexity index is 506. The maximum absolute atomic E-state index is 12.7. The molecular formula is C10H8F3NOS. The van der Waals surface area contributed by atoms with E-state index in [0.717, 1.165) is 6.07 Å². The summed E-state index contributed by atoms with van der Waals surface area (Å²) in [6, 6.07) is 5.59. The summed E-state index contributed by atoms with van der Waals surface area (Å²) in [7, 11) is 0. The van der Waals surface area contributed by atoms with E-state index in [-0.39, 0.29) is 12.0 Å². The number of halogens is 3. The van der Waals surface area contributed by atoms with Crippen molar-refractivity contribution in [2.75, 3.05) is 0 Å². The molecular weight excluding hydrogens is 239 g/mol. The second-order valence-electron chi connectivity index (χ2n) is 3.24. The number of fused-ring (bicyclic) bond motifs is 1. The van der Waals surface area contributed by atoms with E-state index in [1.54, 1.807) is 6.07 Å². The zero-order chi connectivity index (χ0) is 11.8. The fourth-order valence-corrected chi connectivity index (χ4v) is 2.53. The van der Waals surface area contributed by atoms with Gasteiger partial charge in [0, 0.05) is 15.0 Å². The van der Waals surface area contributed by atoms with Crippen LogP contribution in [0.2, 0.25) is 0 Å². The zero-order valence-corrected chi connectivity index (χ0v) is 8.86. The lowest BCUT2D eigenvalue weighted by molar-refractivity contribution is -0.136. The van der Waals surface area contributed by atoms with Gasteiger partial charge in [0.05, 0.1) is 5.56 Å². The van der Waals surface area contributed by atoms with Gasteiger partial charge in [0.1, 0.15) is 6.61 Å². The summed E-state index contributed by atoms with van der Waals surface area (Å²) >= 11 is 1.25. The molecule has 16 heavy (non-hydrogen) atoms. The fraction of sp³-hybridized carbons (Fsp3) is 0.200. The molecule has 1 heterocycles. The third kappa shape index (κ3) is 2.04. The van der Waals surface area contributed by atoms with Gasteiger partial charge in [-0.05, 0) is 18.2 Å². The van der Waals surface area contributed by atoms with E-state index >= 15 is 0 Å². The molecule has 86 valence electrons. The molecule has 0 aliphatic carbocycles. The van der Waals surface area contributed by atoms with E-state index < -0.39 is 11.7 Å². The van der Waals surface area contributed by atoms with Crippen LogP contribution < -0.4 is 5.90 Å². The van der Waals surface area contributed by atoms with Crippen molar-refractivity contribution in [1.82, 2.24) is 0 Å². The van der Waals surface area contributed by atoms with Crippen LogP contribution in [-0.2, 0) is 17.6 Å². The second kappa shape index (κ2) is 4.04. The number of benzene rings is 1. The van der Waals surface area contributed by atoms with E-state index in [9.17, 15) is 13.2 Å². The van der Waals surface area contributed by atoms with E-state index in [4.69, 9.17) is 5.90 Å². The van der Waals surface area contributed by atoms with Crippen molar-refractivity contribution in [3.05, 3.63) is 34.7 Å². The molecule has 6 heteroatoms. The molecule has 0 amide bonds. The number of hydrogen-bond acceptors (Lipinski definition) is 3. The molecule has 1 aromatic carbocycles. The highest BCUT2D eigenvalue weighted by Gasteiger charge is 2.32. The summed E-state index contributed by atoms with van der Waals surface area (Å²) in [5.74, 6) is 4.89. The Balaban J connectivity index is 2.59. The third-order valence-electron chi connectivity index (χ3n) is 2.14. The molecule has 0 saturated carbocycles. The second-order valence-corrected chi connectivity index (χ2v) is 4.41. The van der Waals surface area contributed by atoms with Crippen molar-refractivity contribution >= 4 is 21.4 Å². The van der Waals surface area contributed by atoms with Crippen molar-refractivity contribution < 1.29 is 18.0 Å². The Morgan fingerprint density at radius 3 is 2.69 bits per heavy atom. The van der Waals surface area contributed by atoms with Crippen molar-refractivity contribution in [1.29, 1.82) is 0 Å². The predicted molar refractivity (Wildman–Crippen MR) is 55.8 cm³/mol. The number of rotatable bonds is 2. The lowest BCUT2D eigenvalue weighted by Gasteiger charge is -2.06. The molecule has 2 N–H and O–H groups in total.